The minimum atomic E-state index is 0.618. The molecule has 1 aromatic carbocycles. The van der Waals surface area contributed by atoms with Crippen LogP contribution < -0.4 is 5.32 Å². The van der Waals surface area contributed by atoms with Gasteiger partial charge in [0.1, 0.15) is 0 Å². The van der Waals surface area contributed by atoms with Gasteiger partial charge in [-0.1, -0.05) is 37.3 Å². The van der Waals surface area contributed by atoms with Crippen LogP contribution in [-0.2, 0) is 13.0 Å². The van der Waals surface area contributed by atoms with Crippen molar-refractivity contribution < 1.29 is 0 Å². The average molecular weight is 440 g/mol. The molecule has 1 aromatic heterocycles. The lowest BCUT2D eigenvalue weighted by Crippen LogP contribution is -2.40. The summed E-state index contributed by atoms with van der Waals surface area (Å²) in [6.07, 6.45) is 4.73. The van der Waals surface area contributed by atoms with Gasteiger partial charge in [-0.2, -0.15) is 0 Å². The minimum absolute atomic E-state index is 0.618. The second-order valence-corrected chi connectivity index (χ2v) is 9.79. The molecule has 6 heteroatoms. The summed E-state index contributed by atoms with van der Waals surface area (Å²) in [6, 6.07) is 10.9. The molecule has 31 heavy (non-hydrogen) atoms. The van der Waals surface area contributed by atoms with Gasteiger partial charge in [-0.25, -0.2) is 4.98 Å². The summed E-state index contributed by atoms with van der Waals surface area (Å²) in [5.41, 5.74) is 2.70. The number of hydrogen-bond donors (Lipinski definition) is 1. The molecule has 0 bridgehead atoms. The fourth-order valence-corrected chi connectivity index (χ4v) is 5.47. The van der Waals surface area contributed by atoms with Crippen LogP contribution in [0, 0.1) is 5.92 Å². The highest BCUT2D eigenvalue weighted by Gasteiger charge is 2.26. The summed E-state index contributed by atoms with van der Waals surface area (Å²) in [4.78, 5) is 14.8. The van der Waals surface area contributed by atoms with Crippen molar-refractivity contribution in [2.75, 3.05) is 39.3 Å². The highest BCUT2D eigenvalue weighted by atomic mass is 32.1. The molecule has 1 atom stereocenters. The zero-order valence-corrected chi connectivity index (χ0v) is 19.9. The summed E-state index contributed by atoms with van der Waals surface area (Å²) < 4.78 is 0. The van der Waals surface area contributed by atoms with Crippen molar-refractivity contribution in [1.82, 2.24) is 20.1 Å². The van der Waals surface area contributed by atoms with Crippen LogP contribution in [0.3, 0.4) is 0 Å². The fourth-order valence-electron chi connectivity index (χ4n) is 4.73. The third-order valence-electron chi connectivity index (χ3n) is 6.59. The predicted molar refractivity (Wildman–Crippen MR) is 131 cm³/mol. The third-order valence-corrected chi connectivity index (χ3v) is 7.63. The van der Waals surface area contributed by atoms with Crippen molar-refractivity contribution in [2.24, 2.45) is 10.9 Å². The lowest BCUT2D eigenvalue weighted by Gasteiger charge is -2.31. The number of aliphatic imine (C=N–C) groups is 1. The van der Waals surface area contributed by atoms with E-state index in [-0.39, 0.29) is 0 Å². The Morgan fingerprint density at radius 2 is 1.94 bits per heavy atom. The van der Waals surface area contributed by atoms with Crippen molar-refractivity contribution >= 4 is 17.3 Å². The van der Waals surface area contributed by atoms with Gasteiger partial charge >= 0.3 is 0 Å². The third kappa shape index (κ3) is 6.07. The average Bonchev–Trinajstić information content (AvgIpc) is 3.48. The van der Waals surface area contributed by atoms with Crippen LogP contribution in [0.1, 0.15) is 55.3 Å². The van der Waals surface area contributed by atoms with Crippen molar-refractivity contribution in [2.45, 2.75) is 52.0 Å². The molecule has 5 nitrogen and oxygen atoms in total. The molecule has 0 spiro atoms. The number of hydrogen-bond acceptors (Lipinski definition) is 4. The summed E-state index contributed by atoms with van der Waals surface area (Å²) >= 11 is 1.80. The summed E-state index contributed by atoms with van der Waals surface area (Å²) in [6.45, 7) is 11.7. The smallest absolute Gasteiger partial charge is 0.193 e. The van der Waals surface area contributed by atoms with Crippen molar-refractivity contribution in [3.8, 4) is 0 Å². The number of guanidine groups is 1. The van der Waals surface area contributed by atoms with Crippen molar-refractivity contribution in [3.05, 3.63) is 52.0 Å². The Balaban J connectivity index is 1.26. The Hall–Kier alpha value is -1.92. The molecule has 0 aliphatic carbocycles. The van der Waals surface area contributed by atoms with Gasteiger partial charge in [0.15, 0.2) is 5.96 Å². The molecule has 1 N–H and O–H groups in total. The van der Waals surface area contributed by atoms with E-state index in [2.05, 4.69) is 64.7 Å². The Morgan fingerprint density at radius 3 is 2.65 bits per heavy atom. The summed E-state index contributed by atoms with van der Waals surface area (Å²) in [5, 5.41) is 7.03. The molecule has 0 radical (unpaired) electrons. The van der Waals surface area contributed by atoms with E-state index in [0.717, 1.165) is 58.2 Å². The SMILES string of the molecule is CCNC(=NCC1CCN(Cc2csc(CC)n2)CC1)N1CCC(c2ccccc2)C1. The van der Waals surface area contributed by atoms with E-state index < -0.39 is 0 Å². The Labute approximate surface area is 191 Å². The second kappa shape index (κ2) is 11.1. The van der Waals surface area contributed by atoms with Gasteiger partial charge in [0.25, 0.3) is 0 Å². The number of thiazole rings is 1. The van der Waals surface area contributed by atoms with E-state index in [0.29, 0.717) is 11.8 Å². The number of nitrogens with zero attached hydrogens (tertiary/aromatic N) is 4. The second-order valence-electron chi connectivity index (χ2n) is 8.84. The summed E-state index contributed by atoms with van der Waals surface area (Å²) in [7, 11) is 0. The molecule has 2 aliphatic heterocycles. The van der Waals surface area contributed by atoms with E-state index in [4.69, 9.17) is 9.98 Å². The normalized spacial score (nSPS) is 21.0. The molecule has 2 fully saturated rings. The Kier molecular flexibility index (Phi) is 7.97. The minimum Gasteiger partial charge on any atom is -0.357 e. The van der Waals surface area contributed by atoms with E-state index >= 15 is 0 Å². The highest BCUT2D eigenvalue weighted by molar-refractivity contribution is 7.09. The standard InChI is InChI=1S/C25H37N5S/c1-3-24-28-23(19-31-24)18-29-13-10-20(11-14-29)16-27-25(26-4-2)30-15-12-22(17-30)21-8-6-5-7-9-21/h5-9,19-20,22H,3-4,10-18H2,1-2H3,(H,26,27). The number of aryl methyl sites for hydroxylation is 1. The van der Waals surface area contributed by atoms with Crippen molar-refractivity contribution in [3.63, 3.8) is 0 Å². The number of aromatic nitrogens is 1. The monoisotopic (exact) mass is 439 g/mol. The lowest BCUT2D eigenvalue weighted by atomic mass is 9.97. The number of rotatable bonds is 7. The van der Waals surface area contributed by atoms with Gasteiger partial charge in [0, 0.05) is 44.0 Å². The van der Waals surface area contributed by atoms with E-state index in [1.165, 1.54) is 35.5 Å². The maximum Gasteiger partial charge on any atom is 0.193 e. The first-order valence-corrected chi connectivity index (χ1v) is 12.9. The van der Waals surface area contributed by atoms with Crippen LogP contribution >= 0.6 is 11.3 Å². The van der Waals surface area contributed by atoms with Gasteiger partial charge in [-0.3, -0.25) is 9.89 Å². The van der Waals surface area contributed by atoms with E-state index in [1.54, 1.807) is 11.3 Å². The number of piperidine rings is 1. The van der Waals surface area contributed by atoms with Crippen LogP contribution in [0.25, 0.3) is 0 Å². The van der Waals surface area contributed by atoms with Crippen LogP contribution in [-0.4, -0.2) is 60.0 Å². The number of nitrogens with one attached hydrogen (secondary N) is 1. The van der Waals surface area contributed by atoms with Gasteiger partial charge in [0.2, 0.25) is 0 Å². The zero-order valence-electron chi connectivity index (χ0n) is 19.1. The first kappa shape index (κ1) is 22.3. The molecule has 0 amide bonds. The highest BCUT2D eigenvalue weighted by Crippen LogP contribution is 2.27. The molecule has 168 valence electrons. The molecular formula is C25H37N5S. The van der Waals surface area contributed by atoms with Gasteiger partial charge in [-0.15, -0.1) is 11.3 Å². The Bertz CT molecular complexity index is 825. The molecule has 2 saturated heterocycles. The maximum absolute atomic E-state index is 5.07. The van der Waals surface area contributed by atoms with Crippen LogP contribution in [0.5, 0.6) is 0 Å². The molecule has 2 aromatic rings. The van der Waals surface area contributed by atoms with Crippen molar-refractivity contribution in [1.29, 1.82) is 0 Å². The fraction of sp³-hybridized carbons (Fsp3) is 0.600. The molecule has 4 rings (SSSR count). The van der Waals surface area contributed by atoms with Crippen LogP contribution in [0.15, 0.2) is 40.7 Å². The summed E-state index contributed by atoms with van der Waals surface area (Å²) in [5.74, 6) is 2.42. The van der Waals surface area contributed by atoms with E-state index in [1.807, 2.05) is 0 Å². The lowest BCUT2D eigenvalue weighted by molar-refractivity contribution is 0.179. The molecule has 1 unspecified atom stereocenters. The zero-order chi connectivity index (χ0) is 21.5. The first-order chi connectivity index (χ1) is 15.2. The quantitative estimate of drug-likeness (QED) is 0.514. The van der Waals surface area contributed by atoms with Gasteiger partial charge in [0.05, 0.1) is 10.7 Å². The molecular weight excluding hydrogens is 402 g/mol. The topological polar surface area (TPSA) is 43.8 Å². The number of benzene rings is 1. The maximum atomic E-state index is 5.07. The Morgan fingerprint density at radius 1 is 1.13 bits per heavy atom. The van der Waals surface area contributed by atoms with Gasteiger partial charge in [-0.05, 0) is 57.2 Å². The predicted octanol–water partition coefficient (Wildman–Crippen LogP) is 4.37. The van der Waals surface area contributed by atoms with Crippen LogP contribution in [0.2, 0.25) is 0 Å². The first-order valence-electron chi connectivity index (χ1n) is 12.0. The largest absolute Gasteiger partial charge is 0.357 e. The van der Waals surface area contributed by atoms with Crippen LogP contribution in [0.4, 0.5) is 0 Å². The van der Waals surface area contributed by atoms with E-state index in [9.17, 15) is 0 Å². The van der Waals surface area contributed by atoms with Gasteiger partial charge < -0.3 is 10.2 Å². The molecule has 0 saturated carbocycles. The molecule has 2 aliphatic rings. The molecule has 3 heterocycles. The number of likely N-dealkylation sites (tertiary alicyclic amines) is 2.